The lowest BCUT2D eigenvalue weighted by molar-refractivity contribution is 0.662. The number of nitriles is 1. The maximum Gasteiger partial charge on any atom is 0.164 e. The molecule has 0 N–H and O–H groups in total. The number of fused-ring (bicyclic) bond motifs is 1. The highest BCUT2D eigenvalue weighted by atomic mass is 15.0. The van der Waals surface area contributed by atoms with E-state index in [9.17, 15) is 5.26 Å². The fourth-order valence-electron chi connectivity index (χ4n) is 7.35. The molecule has 1 aromatic heterocycles. The number of rotatable bonds is 9. The van der Waals surface area contributed by atoms with Crippen molar-refractivity contribution < 1.29 is 0 Å². The van der Waals surface area contributed by atoms with Gasteiger partial charge in [0.1, 0.15) is 0 Å². The van der Waals surface area contributed by atoms with Crippen molar-refractivity contribution in [2.24, 2.45) is 0 Å². The second-order valence-corrected chi connectivity index (χ2v) is 13.2. The zero-order chi connectivity index (χ0) is 36.0. The van der Waals surface area contributed by atoms with Crippen molar-refractivity contribution in [1.82, 2.24) is 15.0 Å². The first-order chi connectivity index (χ1) is 26.2. The summed E-state index contributed by atoms with van der Waals surface area (Å²) in [6.45, 7) is 3.87. The lowest BCUT2D eigenvalue weighted by atomic mass is 9.70. The number of aromatic nitrogens is 3. The van der Waals surface area contributed by atoms with E-state index in [2.05, 4.69) is 134 Å². The number of nitrogens with zero attached hydrogens (tertiary/aromatic N) is 4. The standard InChI is InChI=1S/C49H36N4/c1-2-3-4-7-17-41-33-49(42-19-10-6-11-20-42,45-23-13-12-22-44(41)45)43-21-14-18-40(32-43)48-52-46(38-15-8-5-9-16-38)51-47(53-48)39-30-28-37(29-31-39)36-26-24-35(34-50)25-27-36/h2,4-32H,1,3,33H2/b7-4-,41-17+. The molecule has 4 nitrogen and oxygen atoms in total. The molecule has 0 bridgehead atoms. The van der Waals surface area contributed by atoms with Crippen LogP contribution in [0.2, 0.25) is 0 Å². The van der Waals surface area contributed by atoms with Crippen molar-refractivity contribution in [2.45, 2.75) is 18.3 Å². The predicted molar refractivity (Wildman–Crippen MR) is 216 cm³/mol. The van der Waals surface area contributed by atoms with Crippen LogP contribution in [0.4, 0.5) is 0 Å². The first-order valence-electron chi connectivity index (χ1n) is 17.8. The molecule has 0 radical (unpaired) electrons. The topological polar surface area (TPSA) is 62.5 Å². The van der Waals surface area contributed by atoms with Gasteiger partial charge in [0, 0.05) is 22.1 Å². The summed E-state index contributed by atoms with van der Waals surface area (Å²) in [6.07, 6.45) is 10.1. The lowest BCUT2D eigenvalue weighted by Crippen LogP contribution is -2.26. The van der Waals surface area contributed by atoms with Crippen LogP contribution < -0.4 is 0 Å². The summed E-state index contributed by atoms with van der Waals surface area (Å²) >= 11 is 0. The Hall–Kier alpha value is -6.96. The second-order valence-electron chi connectivity index (χ2n) is 13.2. The smallest absolute Gasteiger partial charge is 0.164 e. The minimum Gasteiger partial charge on any atom is -0.208 e. The summed E-state index contributed by atoms with van der Waals surface area (Å²) < 4.78 is 0. The Bertz CT molecular complexity index is 2510. The minimum absolute atomic E-state index is 0.411. The van der Waals surface area contributed by atoms with Gasteiger partial charge in [-0.05, 0) is 70.0 Å². The van der Waals surface area contributed by atoms with Gasteiger partial charge in [-0.3, -0.25) is 0 Å². The van der Waals surface area contributed by atoms with Gasteiger partial charge in [0.2, 0.25) is 0 Å². The average molecular weight is 681 g/mol. The second kappa shape index (κ2) is 14.7. The zero-order valence-electron chi connectivity index (χ0n) is 29.2. The molecule has 252 valence electrons. The van der Waals surface area contributed by atoms with Gasteiger partial charge in [-0.2, -0.15) is 5.26 Å². The molecule has 4 heteroatoms. The Labute approximate surface area is 310 Å². The Morgan fingerprint density at radius 3 is 1.81 bits per heavy atom. The van der Waals surface area contributed by atoms with Gasteiger partial charge in [0.05, 0.1) is 11.6 Å². The summed E-state index contributed by atoms with van der Waals surface area (Å²) in [5, 5.41) is 9.22. The van der Waals surface area contributed by atoms with Crippen LogP contribution in [0.5, 0.6) is 0 Å². The highest BCUT2D eigenvalue weighted by molar-refractivity contribution is 5.81. The van der Waals surface area contributed by atoms with Crippen LogP contribution in [0.3, 0.4) is 0 Å². The highest BCUT2D eigenvalue weighted by Crippen LogP contribution is 2.54. The molecule has 1 heterocycles. The molecule has 53 heavy (non-hydrogen) atoms. The largest absolute Gasteiger partial charge is 0.208 e. The molecule has 6 aromatic carbocycles. The van der Waals surface area contributed by atoms with Gasteiger partial charge in [0.25, 0.3) is 0 Å². The molecule has 0 saturated carbocycles. The number of hydrogen-bond acceptors (Lipinski definition) is 4. The average Bonchev–Trinajstić information content (AvgIpc) is 3.58. The van der Waals surface area contributed by atoms with Gasteiger partial charge in [-0.15, -0.1) is 6.58 Å². The van der Waals surface area contributed by atoms with E-state index in [-0.39, 0.29) is 0 Å². The van der Waals surface area contributed by atoms with Gasteiger partial charge >= 0.3 is 0 Å². The van der Waals surface area contributed by atoms with Crippen LogP contribution in [-0.4, -0.2) is 15.0 Å². The summed E-state index contributed by atoms with van der Waals surface area (Å²) in [5.74, 6) is 1.84. The van der Waals surface area contributed by atoms with Gasteiger partial charge in [0.15, 0.2) is 17.5 Å². The molecule has 7 aromatic rings. The molecule has 1 atom stereocenters. The van der Waals surface area contributed by atoms with Crippen LogP contribution in [0.1, 0.15) is 40.7 Å². The van der Waals surface area contributed by atoms with E-state index >= 15 is 0 Å². The van der Waals surface area contributed by atoms with Gasteiger partial charge in [-0.25, -0.2) is 15.0 Å². The minimum atomic E-state index is -0.411. The maximum absolute atomic E-state index is 9.22. The summed E-state index contributed by atoms with van der Waals surface area (Å²) in [6, 6.07) is 56.5. The normalized spacial score (nSPS) is 15.6. The molecule has 0 spiro atoms. The molecule has 1 aliphatic rings. The monoisotopic (exact) mass is 680 g/mol. The van der Waals surface area contributed by atoms with Crippen molar-refractivity contribution in [3.8, 4) is 51.4 Å². The fraction of sp³-hybridized carbons (Fsp3) is 0.0612. The number of benzene rings is 6. The third-order valence-electron chi connectivity index (χ3n) is 9.96. The van der Waals surface area contributed by atoms with Crippen LogP contribution >= 0.6 is 0 Å². The first kappa shape index (κ1) is 33.2. The molecule has 8 rings (SSSR count). The summed E-state index contributed by atoms with van der Waals surface area (Å²) in [7, 11) is 0. The maximum atomic E-state index is 9.22. The van der Waals surface area contributed by atoms with Crippen molar-refractivity contribution >= 4 is 5.57 Å². The number of allylic oxidation sites excluding steroid dienone is 5. The van der Waals surface area contributed by atoms with E-state index in [4.69, 9.17) is 15.0 Å². The van der Waals surface area contributed by atoms with Crippen LogP contribution in [0.25, 0.3) is 50.9 Å². The number of hydrogen-bond donors (Lipinski definition) is 0. The van der Waals surface area contributed by atoms with Crippen molar-refractivity contribution in [1.29, 1.82) is 5.26 Å². The molecule has 0 aliphatic heterocycles. The van der Waals surface area contributed by atoms with E-state index in [1.165, 1.54) is 27.8 Å². The first-order valence-corrected chi connectivity index (χ1v) is 17.8. The van der Waals surface area contributed by atoms with Crippen molar-refractivity contribution in [3.63, 3.8) is 0 Å². The van der Waals surface area contributed by atoms with Gasteiger partial charge in [-0.1, -0.05) is 164 Å². The van der Waals surface area contributed by atoms with Crippen LogP contribution in [-0.2, 0) is 5.41 Å². The fourth-order valence-corrected chi connectivity index (χ4v) is 7.35. The highest BCUT2D eigenvalue weighted by Gasteiger charge is 2.44. The molecular formula is C49H36N4. The quantitative estimate of drug-likeness (QED) is 0.142. The van der Waals surface area contributed by atoms with E-state index in [1.54, 1.807) is 0 Å². The van der Waals surface area contributed by atoms with E-state index < -0.39 is 5.41 Å². The van der Waals surface area contributed by atoms with E-state index in [0.717, 1.165) is 40.7 Å². The molecule has 0 fully saturated rings. The SMILES string of the molecule is C=CC/C=C\C=C1/CC(c2ccccc2)(c2cccc(-c3nc(-c4ccccc4)nc(-c4ccc(-c5ccc(C#N)cc5)cc4)n3)c2)c2ccccc21. The summed E-state index contributed by atoms with van der Waals surface area (Å²) in [5.41, 5.74) is 11.3. The van der Waals surface area contributed by atoms with Gasteiger partial charge < -0.3 is 0 Å². The molecule has 0 amide bonds. The third kappa shape index (κ3) is 6.53. The predicted octanol–water partition coefficient (Wildman–Crippen LogP) is 11.7. The molecule has 1 unspecified atom stereocenters. The van der Waals surface area contributed by atoms with Crippen LogP contribution in [0.15, 0.2) is 189 Å². The lowest BCUT2D eigenvalue weighted by Gasteiger charge is -2.32. The van der Waals surface area contributed by atoms with E-state index in [1.807, 2.05) is 60.7 Å². The summed E-state index contributed by atoms with van der Waals surface area (Å²) in [4.78, 5) is 15.2. The van der Waals surface area contributed by atoms with E-state index in [0.29, 0.717) is 23.0 Å². The molecule has 0 saturated heterocycles. The van der Waals surface area contributed by atoms with Crippen molar-refractivity contribution in [2.75, 3.05) is 0 Å². The Balaban J connectivity index is 1.25. The Morgan fingerprint density at radius 2 is 1.13 bits per heavy atom. The molecular weight excluding hydrogens is 645 g/mol. The molecule has 1 aliphatic carbocycles. The zero-order valence-corrected chi connectivity index (χ0v) is 29.2. The Morgan fingerprint density at radius 1 is 0.585 bits per heavy atom. The third-order valence-corrected chi connectivity index (χ3v) is 9.96. The Kier molecular flexibility index (Phi) is 9.22. The van der Waals surface area contributed by atoms with Crippen molar-refractivity contribution in [3.05, 3.63) is 216 Å². The van der Waals surface area contributed by atoms with Crippen LogP contribution in [0, 0.1) is 11.3 Å².